The van der Waals surface area contributed by atoms with Gasteiger partial charge in [-0.05, 0) is 31.8 Å². The van der Waals surface area contributed by atoms with E-state index in [0.29, 0.717) is 0 Å². The Hall–Kier alpha value is -2.20. The van der Waals surface area contributed by atoms with Crippen molar-refractivity contribution in [3.05, 3.63) is 66.0 Å². The number of carbonyl (C=O) groups excluding carboxylic acids is 1. The van der Waals surface area contributed by atoms with Crippen LogP contribution in [0, 0.1) is 5.82 Å². The summed E-state index contributed by atoms with van der Waals surface area (Å²) < 4.78 is 18.9. The van der Waals surface area contributed by atoms with Crippen molar-refractivity contribution in [1.29, 1.82) is 0 Å². The van der Waals surface area contributed by atoms with E-state index < -0.39 is 17.8 Å². The summed E-state index contributed by atoms with van der Waals surface area (Å²) in [6, 6.07) is 15.2. The van der Waals surface area contributed by atoms with Crippen LogP contribution in [0.3, 0.4) is 0 Å². The largest absolute Gasteiger partial charge is 0.422 e. The average Bonchev–Trinajstić information content (AvgIpc) is 2.50. The van der Waals surface area contributed by atoms with E-state index in [-0.39, 0.29) is 11.7 Å². The van der Waals surface area contributed by atoms with Gasteiger partial charge in [0.1, 0.15) is 6.04 Å². The van der Waals surface area contributed by atoms with E-state index in [2.05, 4.69) is 0 Å². The molecule has 0 aliphatic carbocycles. The van der Waals surface area contributed by atoms with Crippen LogP contribution < -0.4 is 4.74 Å². The molecule has 0 saturated heterocycles. The van der Waals surface area contributed by atoms with Crippen molar-refractivity contribution < 1.29 is 13.9 Å². The van der Waals surface area contributed by atoms with Crippen LogP contribution in [0.1, 0.15) is 18.4 Å². The van der Waals surface area contributed by atoms with Crippen LogP contribution in [0.25, 0.3) is 0 Å². The Bertz CT molecular complexity index is 628. The summed E-state index contributed by atoms with van der Waals surface area (Å²) in [5, 5.41) is 0. The second kappa shape index (κ2) is 7.18. The van der Waals surface area contributed by atoms with Crippen LogP contribution in [0.4, 0.5) is 4.39 Å². The molecule has 0 saturated carbocycles. The van der Waals surface area contributed by atoms with Gasteiger partial charge in [-0.25, -0.2) is 9.18 Å². The van der Waals surface area contributed by atoms with Crippen LogP contribution in [-0.4, -0.2) is 31.0 Å². The van der Waals surface area contributed by atoms with Gasteiger partial charge in [0.15, 0.2) is 11.6 Å². The minimum atomic E-state index is -0.541. The first-order chi connectivity index (χ1) is 10.5. The normalized spacial score (nSPS) is 13.7. The van der Waals surface area contributed by atoms with Gasteiger partial charge in [0.25, 0.3) is 0 Å². The molecule has 116 valence electrons. The Morgan fingerprint density at radius 2 is 1.64 bits per heavy atom. The van der Waals surface area contributed by atoms with Gasteiger partial charge in [-0.1, -0.05) is 49.4 Å². The van der Waals surface area contributed by atoms with Crippen molar-refractivity contribution in [3.63, 3.8) is 0 Å². The summed E-state index contributed by atoms with van der Waals surface area (Å²) >= 11 is 0. The quantitative estimate of drug-likeness (QED) is 0.625. The molecule has 0 amide bonds. The van der Waals surface area contributed by atoms with Crippen LogP contribution >= 0.6 is 0 Å². The van der Waals surface area contributed by atoms with Gasteiger partial charge in [0.05, 0.1) is 0 Å². The summed E-state index contributed by atoms with van der Waals surface area (Å²) in [5.74, 6) is -1.12. The fourth-order valence-electron chi connectivity index (χ4n) is 2.50. The van der Waals surface area contributed by atoms with Crippen molar-refractivity contribution in [2.24, 2.45) is 0 Å². The zero-order valence-electron chi connectivity index (χ0n) is 13.0. The summed E-state index contributed by atoms with van der Waals surface area (Å²) in [5.41, 5.74) is 1.03. The fraction of sp³-hybridized carbons (Fsp3) is 0.278. The summed E-state index contributed by atoms with van der Waals surface area (Å²) in [7, 11) is 3.62. The molecule has 0 unspecified atom stereocenters. The molecule has 0 N–H and O–H groups in total. The third-order valence-electron chi connectivity index (χ3n) is 3.64. The summed E-state index contributed by atoms with van der Waals surface area (Å²) in [6.45, 7) is 1.96. The van der Waals surface area contributed by atoms with E-state index in [1.165, 1.54) is 12.1 Å². The summed E-state index contributed by atoms with van der Waals surface area (Å²) in [6.07, 6.45) is 0. The number of carbonyl (C=O) groups is 1. The van der Waals surface area contributed by atoms with Gasteiger partial charge < -0.3 is 4.74 Å². The highest BCUT2D eigenvalue weighted by atomic mass is 19.1. The SMILES string of the molecule is C[C@@H](c1ccccc1)[C@@H](C(=O)Oc1ccccc1F)N(C)C. The molecule has 2 aromatic rings. The maximum atomic E-state index is 13.6. The molecule has 0 spiro atoms. The van der Waals surface area contributed by atoms with Gasteiger partial charge >= 0.3 is 5.97 Å². The molecule has 0 bridgehead atoms. The van der Waals surface area contributed by atoms with Gasteiger partial charge in [-0.15, -0.1) is 0 Å². The van der Waals surface area contributed by atoms with Crippen LogP contribution in [-0.2, 0) is 4.79 Å². The predicted octanol–water partition coefficient (Wildman–Crippen LogP) is 3.47. The molecule has 0 radical (unpaired) electrons. The molecule has 0 aromatic heterocycles. The minimum Gasteiger partial charge on any atom is -0.422 e. The van der Waals surface area contributed by atoms with Crippen LogP contribution in [0.5, 0.6) is 5.75 Å². The number of para-hydroxylation sites is 1. The molecule has 2 aromatic carbocycles. The first-order valence-corrected chi connectivity index (χ1v) is 7.18. The third kappa shape index (κ3) is 3.71. The van der Waals surface area contributed by atoms with Crippen molar-refractivity contribution in [2.45, 2.75) is 18.9 Å². The molecule has 0 heterocycles. The lowest BCUT2D eigenvalue weighted by atomic mass is 9.92. The first-order valence-electron chi connectivity index (χ1n) is 7.18. The van der Waals surface area contributed by atoms with Crippen LogP contribution in [0.15, 0.2) is 54.6 Å². The van der Waals surface area contributed by atoms with E-state index in [1.54, 1.807) is 17.0 Å². The number of esters is 1. The van der Waals surface area contributed by atoms with Gasteiger partial charge in [-0.2, -0.15) is 0 Å². The Kier molecular flexibility index (Phi) is 5.28. The highest BCUT2D eigenvalue weighted by Crippen LogP contribution is 2.24. The number of ether oxygens (including phenoxy) is 1. The van der Waals surface area contributed by atoms with E-state index >= 15 is 0 Å². The Morgan fingerprint density at radius 1 is 1.05 bits per heavy atom. The number of nitrogens with zero attached hydrogens (tertiary/aromatic N) is 1. The fourth-order valence-corrected chi connectivity index (χ4v) is 2.50. The van der Waals surface area contributed by atoms with E-state index in [9.17, 15) is 9.18 Å². The zero-order valence-corrected chi connectivity index (χ0v) is 13.0. The maximum Gasteiger partial charge on any atom is 0.329 e. The Morgan fingerprint density at radius 3 is 2.23 bits per heavy atom. The van der Waals surface area contributed by atoms with Crippen LogP contribution in [0.2, 0.25) is 0 Å². The molecule has 0 aliphatic heterocycles. The van der Waals surface area contributed by atoms with E-state index in [0.717, 1.165) is 5.56 Å². The van der Waals surface area contributed by atoms with Crippen molar-refractivity contribution in [2.75, 3.05) is 14.1 Å². The molecule has 2 atom stereocenters. The number of hydrogen-bond donors (Lipinski definition) is 0. The minimum absolute atomic E-state index is 0.0420. The lowest BCUT2D eigenvalue weighted by Crippen LogP contribution is -2.42. The monoisotopic (exact) mass is 301 g/mol. The molecule has 0 aliphatic rings. The van der Waals surface area contributed by atoms with Gasteiger partial charge in [0.2, 0.25) is 0 Å². The number of hydrogen-bond acceptors (Lipinski definition) is 3. The lowest BCUT2D eigenvalue weighted by Gasteiger charge is -2.28. The molecule has 4 heteroatoms. The number of likely N-dealkylation sites (N-methyl/N-ethyl adjacent to an activating group) is 1. The predicted molar refractivity (Wildman–Crippen MR) is 84.4 cm³/mol. The van der Waals surface area contributed by atoms with Crippen molar-refractivity contribution in [3.8, 4) is 5.75 Å². The maximum absolute atomic E-state index is 13.6. The lowest BCUT2D eigenvalue weighted by molar-refractivity contribution is -0.140. The molecule has 3 nitrogen and oxygen atoms in total. The average molecular weight is 301 g/mol. The second-order valence-electron chi connectivity index (χ2n) is 5.46. The van der Waals surface area contributed by atoms with Gasteiger partial charge in [-0.3, -0.25) is 4.90 Å². The smallest absolute Gasteiger partial charge is 0.329 e. The third-order valence-corrected chi connectivity index (χ3v) is 3.64. The Balaban J connectivity index is 2.21. The summed E-state index contributed by atoms with van der Waals surface area (Å²) in [4.78, 5) is 14.3. The molecular formula is C18H20FNO2. The number of benzene rings is 2. The second-order valence-corrected chi connectivity index (χ2v) is 5.46. The van der Waals surface area contributed by atoms with Crippen molar-refractivity contribution >= 4 is 5.97 Å². The molecular weight excluding hydrogens is 281 g/mol. The Labute approximate surface area is 130 Å². The van der Waals surface area contributed by atoms with E-state index in [1.807, 2.05) is 51.4 Å². The first kappa shape index (κ1) is 16.2. The van der Waals surface area contributed by atoms with Gasteiger partial charge in [0, 0.05) is 5.92 Å². The molecule has 22 heavy (non-hydrogen) atoms. The number of halogens is 1. The molecule has 0 fully saturated rings. The standard InChI is InChI=1S/C18H20FNO2/c1-13(14-9-5-4-6-10-14)17(20(2)3)18(21)22-16-12-8-7-11-15(16)19/h4-13,17H,1-3H3/t13-,17-/m0/s1. The van der Waals surface area contributed by atoms with Crippen molar-refractivity contribution in [1.82, 2.24) is 4.90 Å². The number of rotatable bonds is 5. The topological polar surface area (TPSA) is 29.5 Å². The highest BCUT2D eigenvalue weighted by Gasteiger charge is 2.30. The zero-order chi connectivity index (χ0) is 16.1. The highest BCUT2D eigenvalue weighted by molar-refractivity contribution is 5.79. The van der Waals surface area contributed by atoms with E-state index in [4.69, 9.17) is 4.74 Å². The molecule has 2 rings (SSSR count).